The second-order valence-electron chi connectivity index (χ2n) is 9.28. The van der Waals surface area contributed by atoms with Crippen LogP contribution in [0, 0.1) is 17.8 Å². The molecule has 1 aromatic rings. The summed E-state index contributed by atoms with van der Waals surface area (Å²) >= 11 is 2.50. The van der Waals surface area contributed by atoms with Gasteiger partial charge in [0.15, 0.2) is 0 Å². The van der Waals surface area contributed by atoms with Gasteiger partial charge in [-0.1, -0.05) is 41.5 Å². The lowest BCUT2D eigenvalue weighted by atomic mass is 9.62. The van der Waals surface area contributed by atoms with E-state index in [0.29, 0.717) is 6.54 Å². The van der Waals surface area contributed by atoms with Crippen LogP contribution >= 0.6 is 22.6 Å². The number of phenols is 1. The number of nitrogens with one attached hydrogen (secondary N) is 1. The van der Waals surface area contributed by atoms with E-state index >= 15 is 0 Å². The van der Waals surface area contributed by atoms with Gasteiger partial charge in [-0.25, -0.2) is 4.79 Å². The minimum Gasteiger partial charge on any atom is -0.508 e. The Balaban J connectivity index is 1.89. The first-order valence-electron chi connectivity index (χ1n) is 10.6. The minimum absolute atomic E-state index is 0.0272. The Hall–Kier alpha value is -1.46. The molecule has 0 bridgehead atoms. The molecule has 164 valence electrons. The fourth-order valence-corrected chi connectivity index (χ4v) is 6.21. The Bertz CT molecular complexity index is 848. The Labute approximate surface area is 193 Å². The molecule has 0 saturated heterocycles. The zero-order chi connectivity index (χ0) is 22.2. The van der Waals surface area contributed by atoms with Crippen LogP contribution in [-0.4, -0.2) is 39.5 Å². The monoisotopic (exact) mass is 525 g/mol. The summed E-state index contributed by atoms with van der Waals surface area (Å²) in [4.78, 5) is 11.6. The summed E-state index contributed by atoms with van der Waals surface area (Å²) in [6.45, 7) is 4.85. The molecule has 5 atom stereocenters. The molecule has 0 radical (unpaired) electrons. The highest BCUT2D eigenvalue weighted by molar-refractivity contribution is 14.1. The van der Waals surface area contributed by atoms with Crippen molar-refractivity contribution >= 4 is 28.7 Å². The van der Waals surface area contributed by atoms with E-state index in [1.165, 1.54) is 7.11 Å². The van der Waals surface area contributed by atoms with Gasteiger partial charge in [-0.05, 0) is 68.7 Å². The maximum Gasteiger partial charge on any atom is 0.406 e. The number of halogens is 1. The lowest BCUT2D eigenvalue weighted by molar-refractivity contribution is 0.0440. The number of alkyl halides is 1. The first-order chi connectivity index (χ1) is 14.1. The third-order valence-corrected chi connectivity index (χ3v) is 9.52. The van der Waals surface area contributed by atoms with Crippen LogP contribution in [0.1, 0.15) is 69.4 Å². The second kappa shape index (κ2) is 8.58. The molecule has 2 aliphatic carbocycles. The molecule has 3 rings (SSSR count). The number of benzene rings is 1. The number of alkyl carbamates (subject to hydrolysis) is 1. The van der Waals surface area contributed by atoms with Crippen LogP contribution in [0.25, 0.3) is 0 Å². The van der Waals surface area contributed by atoms with Gasteiger partial charge in [0.05, 0.1) is 18.6 Å². The number of aromatic hydroxyl groups is 1. The number of carbonyl (C=O) groups is 1. The van der Waals surface area contributed by atoms with Gasteiger partial charge in [0.2, 0.25) is 0 Å². The van der Waals surface area contributed by atoms with E-state index in [2.05, 4.69) is 47.7 Å². The zero-order valence-corrected chi connectivity index (χ0v) is 20.2. The SMILES string of the molecule is C#C[C@]1(CCC2(C)C(O)CCC2(C)I)CC[C@@H](CNC(=O)OC)c2cc(O)ccc21. The number of rotatable bonds is 5. The fourth-order valence-electron chi connectivity index (χ4n) is 5.27. The predicted molar refractivity (Wildman–Crippen MR) is 126 cm³/mol. The molecule has 0 spiro atoms. The number of amides is 1. The molecule has 0 heterocycles. The van der Waals surface area contributed by atoms with Crippen molar-refractivity contribution in [3.05, 3.63) is 29.3 Å². The van der Waals surface area contributed by atoms with Crippen molar-refractivity contribution in [2.45, 2.75) is 73.2 Å². The van der Waals surface area contributed by atoms with E-state index in [1.807, 2.05) is 6.07 Å². The lowest BCUT2D eigenvalue weighted by Crippen LogP contribution is -2.43. The van der Waals surface area contributed by atoms with E-state index < -0.39 is 11.5 Å². The molecule has 0 aromatic heterocycles. The van der Waals surface area contributed by atoms with E-state index in [9.17, 15) is 15.0 Å². The Morgan fingerprint density at radius 2 is 2.07 bits per heavy atom. The smallest absolute Gasteiger partial charge is 0.406 e. The van der Waals surface area contributed by atoms with Crippen LogP contribution < -0.4 is 5.32 Å². The van der Waals surface area contributed by atoms with Crippen LogP contribution in [0.15, 0.2) is 18.2 Å². The van der Waals surface area contributed by atoms with Gasteiger partial charge in [-0.2, -0.15) is 0 Å². The van der Waals surface area contributed by atoms with Gasteiger partial charge in [0.1, 0.15) is 5.75 Å². The van der Waals surface area contributed by atoms with Gasteiger partial charge < -0.3 is 20.3 Å². The molecule has 1 aromatic carbocycles. The molecule has 3 N–H and O–H groups in total. The van der Waals surface area contributed by atoms with Crippen LogP contribution in [0.4, 0.5) is 4.79 Å². The Morgan fingerprint density at radius 3 is 2.67 bits per heavy atom. The van der Waals surface area contributed by atoms with Crippen LogP contribution in [0.3, 0.4) is 0 Å². The quantitative estimate of drug-likeness (QED) is 0.298. The summed E-state index contributed by atoms with van der Waals surface area (Å²) in [5.41, 5.74) is 1.41. The number of aliphatic hydroxyl groups excluding tert-OH is 1. The average Bonchev–Trinajstić information content (AvgIpc) is 2.93. The Kier molecular flexibility index (Phi) is 6.64. The highest BCUT2D eigenvalue weighted by Gasteiger charge is 2.53. The molecule has 2 aliphatic rings. The lowest BCUT2D eigenvalue weighted by Gasteiger charge is -2.44. The summed E-state index contributed by atoms with van der Waals surface area (Å²) < 4.78 is 4.72. The molecule has 1 amide bonds. The maximum atomic E-state index is 11.6. The van der Waals surface area contributed by atoms with Gasteiger partial charge >= 0.3 is 6.09 Å². The molecule has 30 heavy (non-hydrogen) atoms. The van der Waals surface area contributed by atoms with E-state index in [0.717, 1.165) is 49.7 Å². The van der Waals surface area contributed by atoms with Crippen molar-refractivity contribution in [2.75, 3.05) is 13.7 Å². The van der Waals surface area contributed by atoms with Crippen LogP contribution in [-0.2, 0) is 10.2 Å². The van der Waals surface area contributed by atoms with Crippen LogP contribution in [0.2, 0.25) is 0 Å². The van der Waals surface area contributed by atoms with Crippen LogP contribution in [0.5, 0.6) is 5.75 Å². The highest BCUT2D eigenvalue weighted by atomic mass is 127. The summed E-state index contributed by atoms with van der Waals surface area (Å²) in [6.07, 6.45) is 10.4. The van der Waals surface area contributed by atoms with Gasteiger partial charge in [-0.3, -0.25) is 0 Å². The number of hydrogen-bond donors (Lipinski definition) is 3. The van der Waals surface area contributed by atoms with Crippen molar-refractivity contribution in [2.24, 2.45) is 5.41 Å². The average molecular weight is 525 g/mol. The van der Waals surface area contributed by atoms with Crippen molar-refractivity contribution < 1.29 is 19.7 Å². The first-order valence-corrected chi connectivity index (χ1v) is 11.7. The number of terminal acetylenes is 1. The molecular weight excluding hydrogens is 493 g/mol. The molecule has 1 saturated carbocycles. The fraction of sp³-hybridized carbons (Fsp3) is 0.625. The number of hydrogen-bond acceptors (Lipinski definition) is 4. The number of phenolic OH excluding ortho intramolecular Hbond substituents is 1. The third kappa shape index (κ3) is 4.03. The van der Waals surface area contributed by atoms with Crippen molar-refractivity contribution in [1.29, 1.82) is 0 Å². The standard InChI is InChI=1S/C24H32INO4/c1-5-24(13-12-22(2)20(28)9-10-23(22,3)25)11-8-16(15-26-21(29)30-4)18-14-17(27)6-7-19(18)24/h1,6-7,14,16,20,27-28H,8-13,15H2,2-4H3,(H,26,29)/t16-,20?,22?,23?,24+/m0/s1. The summed E-state index contributed by atoms with van der Waals surface area (Å²) in [7, 11) is 1.35. The number of fused-ring (bicyclic) bond motifs is 1. The molecule has 5 nitrogen and oxygen atoms in total. The number of carbonyl (C=O) groups excluding carboxylic acids is 1. The molecule has 6 heteroatoms. The van der Waals surface area contributed by atoms with E-state index in [4.69, 9.17) is 11.2 Å². The molecule has 3 unspecified atom stereocenters. The summed E-state index contributed by atoms with van der Waals surface area (Å²) in [6, 6.07) is 5.40. The Morgan fingerprint density at radius 1 is 1.33 bits per heavy atom. The topological polar surface area (TPSA) is 78.8 Å². The maximum absolute atomic E-state index is 11.6. The number of ether oxygens (including phenoxy) is 1. The van der Waals surface area contributed by atoms with Crippen molar-refractivity contribution in [3.63, 3.8) is 0 Å². The third-order valence-electron chi connectivity index (χ3n) is 7.75. The van der Waals surface area contributed by atoms with Crippen molar-refractivity contribution in [1.82, 2.24) is 5.32 Å². The van der Waals surface area contributed by atoms with Gasteiger partial charge in [0, 0.05) is 21.3 Å². The second-order valence-corrected chi connectivity index (χ2v) is 11.7. The minimum atomic E-state index is -0.463. The van der Waals surface area contributed by atoms with Gasteiger partial charge in [0.25, 0.3) is 0 Å². The van der Waals surface area contributed by atoms with E-state index in [-0.39, 0.29) is 26.6 Å². The summed E-state index contributed by atoms with van der Waals surface area (Å²) in [5, 5.41) is 23.6. The van der Waals surface area contributed by atoms with E-state index in [1.54, 1.807) is 12.1 Å². The number of aliphatic hydroxyl groups is 1. The zero-order valence-electron chi connectivity index (χ0n) is 18.0. The largest absolute Gasteiger partial charge is 0.508 e. The molecule has 0 aliphatic heterocycles. The van der Waals surface area contributed by atoms with Crippen molar-refractivity contribution in [3.8, 4) is 18.1 Å². The predicted octanol–water partition coefficient (Wildman–Crippen LogP) is 4.63. The van der Waals surface area contributed by atoms with Gasteiger partial charge in [-0.15, -0.1) is 6.42 Å². The number of methoxy groups -OCH3 is 1. The normalized spacial score (nSPS) is 35.3. The summed E-state index contributed by atoms with van der Waals surface area (Å²) in [5.74, 6) is 3.36. The molecule has 1 fully saturated rings. The molecular formula is C24H32INO4. The highest BCUT2D eigenvalue weighted by Crippen LogP contribution is 2.57. The first kappa shape index (κ1) is 23.2.